The largest absolute Gasteiger partial charge is 0.496 e. The van der Waals surface area contributed by atoms with Crippen LogP contribution in [0, 0.1) is 19.7 Å². The minimum absolute atomic E-state index is 0.0216. The highest BCUT2D eigenvalue weighted by Crippen LogP contribution is 2.37. The number of carboxylic acids is 1. The average Bonchev–Trinajstić information content (AvgIpc) is 2.96. The van der Waals surface area contributed by atoms with E-state index >= 15 is 0 Å². The van der Waals surface area contributed by atoms with Crippen LogP contribution in [0.2, 0.25) is 0 Å². The Kier molecular flexibility index (Phi) is 8.74. The number of carbonyl (C=O) groups is 3. The molecule has 0 aliphatic carbocycles. The first-order valence-electron chi connectivity index (χ1n) is 12.7. The molecular weight excluding hydrogens is 527 g/mol. The van der Waals surface area contributed by atoms with Gasteiger partial charge in [-0.05, 0) is 77.6 Å². The lowest BCUT2D eigenvalue weighted by Gasteiger charge is -2.17. The number of aromatic nitrogens is 1. The van der Waals surface area contributed by atoms with Crippen molar-refractivity contribution < 1.29 is 28.6 Å². The quantitative estimate of drug-likeness (QED) is 0.234. The second-order valence-corrected chi connectivity index (χ2v) is 9.26. The first-order chi connectivity index (χ1) is 19.6. The Hall–Kier alpha value is -5.09. The molecule has 0 fully saturated rings. The van der Waals surface area contributed by atoms with E-state index in [1.165, 1.54) is 31.5 Å². The molecule has 3 aromatic carbocycles. The lowest BCUT2D eigenvalue weighted by molar-refractivity contribution is -0.135. The Morgan fingerprint density at radius 3 is 2.27 bits per heavy atom. The third-order valence-corrected chi connectivity index (χ3v) is 6.75. The number of hydrogen-bond donors (Lipinski definition) is 4. The number of benzene rings is 3. The summed E-state index contributed by atoms with van der Waals surface area (Å²) in [5.74, 6) is -2.30. The molecular formula is C31H29FN4O5. The molecule has 1 heterocycles. The van der Waals surface area contributed by atoms with Crippen LogP contribution in [0.3, 0.4) is 0 Å². The first kappa shape index (κ1) is 28.9. The molecule has 5 N–H and O–H groups in total. The summed E-state index contributed by atoms with van der Waals surface area (Å²) in [6.45, 7) is 3.34. The van der Waals surface area contributed by atoms with E-state index in [4.69, 9.17) is 15.6 Å². The second-order valence-electron chi connectivity index (χ2n) is 9.26. The molecule has 0 unspecified atom stereocenters. The number of anilines is 1. The number of carboxylic acid groups (broad SMARTS) is 1. The van der Waals surface area contributed by atoms with Crippen LogP contribution in [0.4, 0.5) is 10.1 Å². The number of methoxy groups -OCH3 is 1. The molecule has 0 spiro atoms. The monoisotopic (exact) mass is 556 g/mol. The molecule has 210 valence electrons. The maximum absolute atomic E-state index is 14.8. The van der Waals surface area contributed by atoms with Crippen molar-refractivity contribution in [2.24, 2.45) is 5.73 Å². The van der Waals surface area contributed by atoms with Gasteiger partial charge in [0, 0.05) is 24.0 Å². The Morgan fingerprint density at radius 2 is 1.63 bits per heavy atom. The number of nitrogens with one attached hydrogen (secondary N) is 2. The number of hydrogen-bond acceptors (Lipinski definition) is 6. The van der Waals surface area contributed by atoms with Crippen LogP contribution < -0.4 is 21.1 Å². The zero-order chi connectivity index (χ0) is 29.7. The smallest absolute Gasteiger partial charge is 0.322 e. The van der Waals surface area contributed by atoms with E-state index in [1.54, 1.807) is 12.1 Å². The van der Waals surface area contributed by atoms with E-state index in [0.717, 1.165) is 27.8 Å². The van der Waals surface area contributed by atoms with Gasteiger partial charge < -0.3 is 26.2 Å². The lowest BCUT2D eigenvalue weighted by Crippen LogP contribution is -2.29. The van der Waals surface area contributed by atoms with Gasteiger partial charge in [-0.15, -0.1) is 0 Å². The summed E-state index contributed by atoms with van der Waals surface area (Å²) in [6, 6.07) is 17.3. The molecule has 0 atom stereocenters. The van der Waals surface area contributed by atoms with Crippen molar-refractivity contribution in [1.29, 1.82) is 0 Å². The van der Waals surface area contributed by atoms with Crippen LogP contribution in [0.5, 0.6) is 5.75 Å². The van der Waals surface area contributed by atoms with E-state index in [1.807, 2.05) is 44.2 Å². The predicted molar refractivity (Wildman–Crippen MR) is 153 cm³/mol. The summed E-state index contributed by atoms with van der Waals surface area (Å²) in [5.41, 5.74) is 11.8. The summed E-state index contributed by atoms with van der Waals surface area (Å²) in [6.07, 6.45) is 1.21. The maximum atomic E-state index is 14.8. The van der Waals surface area contributed by atoms with Crippen LogP contribution in [-0.2, 0) is 11.3 Å². The van der Waals surface area contributed by atoms with E-state index in [-0.39, 0.29) is 17.8 Å². The topological polar surface area (TPSA) is 144 Å². The fraction of sp³-hybridized carbons (Fsp3) is 0.161. The Morgan fingerprint density at radius 1 is 0.951 bits per heavy atom. The SMILES string of the molecule is COc1cc(-c2cccc(-c3cccc(NC(=O)c4ccc(C(=O)NCC(=O)O)cn4)c3C)c2C)cc(F)c1CN. The van der Waals surface area contributed by atoms with Crippen molar-refractivity contribution in [2.45, 2.75) is 20.4 Å². The van der Waals surface area contributed by atoms with Crippen molar-refractivity contribution in [3.8, 4) is 28.0 Å². The van der Waals surface area contributed by atoms with Crippen LogP contribution in [0.25, 0.3) is 22.3 Å². The average molecular weight is 557 g/mol. The first-order valence-corrected chi connectivity index (χ1v) is 12.7. The number of pyridine rings is 1. The van der Waals surface area contributed by atoms with Gasteiger partial charge in [-0.3, -0.25) is 19.4 Å². The second kappa shape index (κ2) is 12.4. The minimum Gasteiger partial charge on any atom is -0.496 e. The maximum Gasteiger partial charge on any atom is 0.322 e. The highest BCUT2D eigenvalue weighted by atomic mass is 19.1. The highest BCUT2D eigenvalue weighted by Gasteiger charge is 2.17. The predicted octanol–water partition coefficient (Wildman–Crippen LogP) is 4.71. The molecule has 0 bridgehead atoms. The van der Waals surface area contributed by atoms with E-state index in [0.29, 0.717) is 22.6 Å². The number of nitrogens with zero attached hydrogens (tertiary/aromatic N) is 1. The van der Waals surface area contributed by atoms with Crippen molar-refractivity contribution in [2.75, 3.05) is 19.0 Å². The zero-order valence-corrected chi connectivity index (χ0v) is 22.7. The lowest BCUT2D eigenvalue weighted by atomic mass is 9.90. The van der Waals surface area contributed by atoms with Gasteiger partial charge in [0.15, 0.2) is 0 Å². The highest BCUT2D eigenvalue weighted by molar-refractivity contribution is 6.04. The molecule has 9 nitrogen and oxygen atoms in total. The summed E-state index contributed by atoms with van der Waals surface area (Å²) in [4.78, 5) is 39.7. The fourth-order valence-electron chi connectivity index (χ4n) is 4.56. The van der Waals surface area contributed by atoms with Gasteiger partial charge in [0.05, 0.1) is 12.7 Å². The number of carbonyl (C=O) groups excluding carboxylic acids is 2. The van der Waals surface area contributed by atoms with Crippen molar-refractivity contribution in [3.05, 3.63) is 101 Å². The van der Waals surface area contributed by atoms with Crippen molar-refractivity contribution in [3.63, 3.8) is 0 Å². The fourth-order valence-corrected chi connectivity index (χ4v) is 4.56. The summed E-state index contributed by atoms with van der Waals surface area (Å²) >= 11 is 0. The molecule has 2 amide bonds. The zero-order valence-electron chi connectivity index (χ0n) is 22.7. The standard InChI is InChI=1S/C31H29FN4O5/c1-17-21(20-12-25(32)24(14-33)28(13-20)41-3)6-4-7-22(17)23-8-5-9-26(18(23)2)36-31(40)27-11-10-19(15-34-27)30(39)35-16-29(37)38/h4-13,15H,14,16,33H2,1-3H3,(H,35,39)(H,36,40)(H,37,38). The summed E-state index contributed by atoms with van der Waals surface area (Å²) < 4.78 is 20.2. The normalized spacial score (nSPS) is 10.7. The Balaban J connectivity index is 1.61. The van der Waals surface area contributed by atoms with Crippen molar-refractivity contribution in [1.82, 2.24) is 10.3 Å². The number of rotatable bonds is 9. The Bertz CT molecular complexity index is 1640. The van der Waals surface area contributed by atoms with E-state index in [9.17, 15) is 18.8 Å². The van der Waals surface area contributed by atoms with E-state index < -0.39 is 30.1 Å². The molecule has 0 aliphatic heterocycles. The molecule has 4 aromatic rings. The van der Waals surface area contributed by atoms with Gasteiger partial charge in [-0.25, -0.2) is 4.39 Å². The van der Waals surface area contributed by atoms with E-state index in [2.05, 4.69) is 15.6 Å². The number of aliphatic carboxylic acids is 1. The third-order valence-electron chi connectivity index (χ3n) is 6.75. The number of nitrogens with two attached hydrogens (primary N) is 1. The molecule has 0 aliphatic rings. The molecule has 1 aromatic heterocycles. The van der Waals surface area contributed by atoms with Gasteiger partial charge >= 0.3 is 5.97 Å². The molecule has 0 saturated carbocycles. The minimum atomic E-state index is -1.17. The van der Waals surface area contributed by atoms with Crippen LogP contribution >= 0.6 is 0 Å². The Labute approximate surface area is 236 Å². The van der Waals surface area contributed by atoms with Gasteiger partial charge in [0.25, 0.3) is 11.8 Å². The molecule has 41 heavy (non-hydrogen) atoms. The summed E-state index contributed by atoms with van der Waals surface area (Å²) in [7, 11) is 1.48. The summed E-state index contributed by atoms with van der Waals surface area (Å²) in [5, 5.41) is 13.8. The van der Waals surface area contributed by atoms with Crippen LogP contribution in [0.15, 0.2) is 66.9 Å². The van der Waals surface area contributed by atoms with Crippen molar-refractivity contribution >= 4 is 23.5 Å². The van der Waals surface area contributed by atoms with Gasteiger partial charge in [-0.1, -0.05) is 30.3 Å². The van der Waals surface area contributed by atoms with Crippen LogP contribution in [-0.4, -0.2) is 41.5 Å². The molecule has 10 heteroatoms. The number of ether oxygens (including phenoxy) is 1. The van der Waals surface area contributed by atoms with Gasteiger partial charge in [-0.2, -0.15) is 0 Å². The van der Waals surface area contributed by atoms with Gasteiger partial charge in [0.2, 0.25) is 0 Å². The van der Waals surface area contributed by atoms with Crippen LogP contribution in [0.1, 0.15) is 37.5 Å². The molecule has 4 rings (SSSR count). The molecule has 0 saturated heterocycles. The number of amides is 2. The molecule has 0 radical (unpaired) electrons. The number of halogens is 1. The van der Waals surface area contributed by atoms with Gasteiger partial charge in [0.1, 0.15) is 23.8 Å². The third kappa shape index (κ3) is 6.23.